The molecule has 0 aromatic heterocycles. The highest BCUT2D eigenvalue weighted by atomic mass is 16.2. The molecule has 1 heterocycles. The Morgan fingerprint density at radius 3 is 2.00 bits per heavy atom. The summed E-state index contributed by atoms with van der Waals surface area (Å²) < 4.78 is 0. The predicted octanol–water partition coefficient (Wildman–Crippen LogP) is 2.78. The van der Waals surface area contributed by atoms with Crippen LogP contribution in [0.25, 0.3) is 0 Å². The third-order valence-corrected chi connectivity index (χ3v) is 3.65. The SMILES string of the molecule is C[C@@H]1C(=O)NC(C(C)(C)C)=C(C(C)(C)C)CN1C. The van der Waals surface area contributed by atoms with Crippen molar-refractivity contribution in [3.8, 4) is 0 Å². The molecule has 0 fully saturated rings. The van der Waals surface area contributed by atoms with E-state index in [9.17, 15) is 4.79 Å². The molecule has 0 bridgehead atoms. The molecule has 0 aromatic rings. The molecule has 1 N–H and O–H groups in total. The molecule has 0 radical (unpaired) electrons. The predicted molar refractivity (Wildman–Crippen MR) is 76.2 cm³/mol. The molecular formula is C15H28N2O. The number of nitrogens with zero attached hydrogens (tertiary/aromatic N) is 1. The fraction of sp³-hybridized carbons (Fsp3) is 0.800. The van der Waals surface area contributed by atoms with Crippen molar-refractivity contribution in [2.45, 2.75) is 54.5 Å². The first-order valence-electron chi connectivity index (χ1n) is 6.70. The largest absolute Gasteiger partial charge is 0.328 e. The van der Waals surface area contributed by atoms with Gasteiger partial charge < -0.3 is 5.32 Å². The molecule has 3 heteroatoms. The van der Waals surface area contributed by atoms with E-state index in [1.165, 1.54) is 5.57 Å². The number of likely N-dealkylation sites (N-methyl/N-ethyl adjacent to an activating group) is 1. The lowest BCUT2D eigenvalue weighted by molar-refractivity contribution is -0.124. The zero-order valence-electron chi connectivity index (χ0n) is 13.1. The van der Waals surface area contributed by atoms with E-state index in [-0.39, 0.29) is 22.8 Å². The molecular weight excluding hydrogens is 224 g/mol. The normalized spacial score (nSPS) is 24.0. The third kappa shape index (κ3) is 3.14. The highest BCUT2D eigenvalue weighted by Gasteiger charge is 2.34. The van der Waals surface area contributed by atoms with E-state index in [1.807, 2.05) is 14.0 Å². The monoisotopic (exact) mass is 252 g/mol. The molecule has 0 aliphatic carbocycles. The molecule has 0 saturated heterocycles. The van der Waals surface area contributed by atoms with Crippen LogP contribution in [-0.4, -0.2) is 30.4 Å². The van der Waals surface area contributed by atoms with Crippen LogP contribution in [-0.2, 0) is 4.79 Å². The van der Waals surface area contributed by atoms with Gasteiger partial charge in [0.25, 0.3) is 0 Å². The maximum absolute atomic E-state index is 12.2. The first-order chi connectivity index (χ1) is 7.94. The number of carbonyl (C=O) groups is 1. The molecule has 0 unspecified atom stereocenters. The third-order valence-electron chi connectivity index (χ3n) is 3.65. The summed E-state index contributed by atoms with van der Waals surface area (Å²) in [6, 6.07) is -0.0813. The number of hydrogen-bond acceptors (Lipinski definition) is 2. The van der Waals surface area contributed by atoms with Gasteiger partial charge in [0, 0.05) is 17.7 Å². The zero-order valence-corrected chi connectivity index (χ0v) is 13.1. The van der Waals surface area contributed by atoms with Gasteiger partial charge >= 0.3 is 0 Å². The first kappa shape index (κ1) is 15.2. The summed E-state index contributed by atoms with van der Waals surface area (Å²) in [5, 5.41) is 3.15. The minimum Gasteiger partial charge on any atom is -0.328 e. The Bertz CT molecular complexity index is 369. The molecule has 0 aromatic carbocycles. The van der Waals surface area contributed by atoms with Crippen LogP contribution in [0.3, 0.4) is 0 Å². The summed E-state index contributed by atoms with van der Waals surface area (Å²) in [4.78, 5) is 14.3. The number of hydrogen-bond donors (Lipinski definition) is 1. The number of carbonyl (C=O) groups excluding carboxylic acids is 1. The van der Waals surface area contributed by atoms with Crippen molar-refractivity contribution < 1.29 is 4.79 Å². The smallest absolute Gasteiger partial charge is 0.241 e. The van der Waals surface area contributed by atoms with Crippen LogP contribution < -0.4 is 5.32 Å². The van der Waals surface area contributed by atoms with Gasteiger partial charge in [0.05, 0.1) is 6.04 Å². The Balaban J connectivity index is 3.35. The Labute approximate surface area is 112 Å². The van der Waals surface area contributed by atoms with Crippen molar-refractivity contribution in [1.82, 2.24) is 10.2 Å². The van der Waals surface area contributed by atoms with Crippen molar-refractivity contribution in [2.24, 2.45) is 10.8 Å². The Morgan fingerprint density at radius 2 is 1.61 bits per heavy atom. The summed E-state index contributed by atoms with van der Waals surface area (Å²) in [7, 11) is 2.02. The van der Waals surface area contributed by atoms with E-state index >= 15 is 0 Å². The topological polar surface area (TPSA) is 32.3 Å². The second-order valence-corrected chi connectivity index (χ2v) is 7.43. The standard InChI is InChI=1S/C15H28N2O/c1-10-13(18)16-12(15(5,6)7)11(9-17(10)8)14(2,3)4/h10H,9H2,1-8H3,(H,16,18)/t10-/m1/s1. The maximum Gasteiger partial charge on any atom is 0.241 e. The Kier molecular flexibility index (Phi) is 3.97. The van der Waals surface area contributed by atoms with Gasteiger partial charge in [-0.1, -0.05) is 41.5 Å². The molecule has 3 nitrogen and oxygen atoms in total. The summed E-state index contributed by atoms with van der Waals surface area (Å²) in [6.45, 7) is 15.9. The van der Waals surface area contributed by atoms with Crippen LogP contribution in [0.5, 0.6) is 0 Å². The summed E-state index contributed by atoms with van der Waals surface area (Å²) >= 11 is 0. The highest BCUT2D eigenvalue weighted by molar-refractivity contribution is 5.83. The molecule has 104 valence electrons. The van der Waals surface area contributed by atoms with Crippen molar-refractivity contribution >= 4 is 5.91 Å². The minimum atomic E-state index is -0.0813. The van der Waals surface area contributed by atoms with Crippen LogP contribution in [0.2, 0.25) is 0 Å². The first-order valence-corrected chi connectivity index (χ1v) is 6.70. The highest BCUT2D eigenvalue weighted by Crippen LogP contribution is 2.36. The molecule has 1 aliphatic rings. The van der Waals surface area contributed by atoms with Gasteiger partial charge in [-0.05, 0) is 25.0 Å². The molecule has 1 amide bonds. The van der Waals surface area contributed by atoms with E-state index in [1.54, 1.807) is 0 Å². The quantitative estimate of drug-likeness (QED) is 0.719. The molecule has 1 aliphatic heterocycles. The van der Waals surface area contributed by atoms with E-state index in [2.05, 4.69) is 51.8 Å². The summed E-state index contributed by atoms with van der Waals surface area (Å²) in [5.41, 5.74) is 2.45. The van der Waals surface area contributed by atoms with Gasteiger partial charge in [-0.25, -0.2) is 0 Å². The van der Waals surface area contributed by atoms with Crippen LogP contribution >= 0.6 is 0 Å². The van der Waals surface area contributed by atoms with Crippen molar-refractivity contribution in [1.29, 1.82) is 0 Å². The maximum atomic E-state index is 12.2. The van der Waals surface area contributed by atoms with Gasteiger partial charge in [0.1, 0.15) is 0 Å². The van der Waals surface area contributed by atoms with Gasteiger partial charge in [0.2, 0.25) is 5.91 Å². The Hall–Kier alpha value is -0.830. The van der Waals surface area contributed by atoms with E-state index in [0.29, 0.717) is 0 Å². The number of amides is 1. The van der Waals surface area contributed by atoms with Crippen molar-refractivity contribution in [3.63, 3.8) is 0 Å². The van der Waals surface area contributed by atoms with E-state index in [4.69, 9.17) is 0 Å². The Morgan fingerprint density at radius 1 is 1.11 bits per heavy atom. The summed E-state index contributed by atoms with van der Waals surface area (Å²) in [6.07, 6.45) is 0. The average Bonchev–Trinajstić information content (AvgIpc) is 2.27. The van der Waals surface area contributed by atoms with Crippen LogP contribution in [0.15, 0.2) is 11.3 Å². The average molecular weight is 252 g/mol. The minimum absolute atomic E-state index is 0.0385. The molecule has 0 spiro atoms. The van der Waals surface area contributed by atoms with Gasteiger partial charge in [-0.3, -0.25) is 9.69 Å². The lowest BCUT2D eigenvalue weighted by Crippen LogP contribution is -2.41. The lowest BCUT2D eigenvalue weighted by Gasteiger charge is -2.33. The van der Waals surface area contributed by atoms with Crippen LogP contribution in [0.1, 0.15) is 48.5 Å². The van der Waals surface area contributed by atoms with Gasteiger partial charge in [0.15, 0.2) is 0 Å². The van der Waals surface area contributed by atoms with Crippen LogP contribution in [0.4, 0.5) is 0 Å². The van der Waals surface area contributed by atoms with E-state index in [0.717, 1.165) is 12.2 Å². The molecule has 1 rings (SSSR count). The molecule has 1 atom stereocenters. The van der Waals surface area contributed by atoms with Crippen molar-refractivity contribution in [2.75, 3.05) is 13.6 Å². The fourth-order valence-corrected chi connectivity index (χ4v) is 2.22. The number of allylic oxidation sites excluding steroid dienone is 1. The second kappa shape index (κ2) is 4.69. The lowest BCUT2D eigenvalue weighted by atomic mass is 9.78. The van der Waals surface area contributed by atoms with E-state index < -0.39 is 0 Å². The van der Waals surface area contributed by atoms with Crippen LogP contribution in [0, 0.1) is 10.8 Å². The molecule has 0 saturated carbocycles. The summed E-state index contributed by atoms with van der Waals surface area (Å²) in [5.74, 6) is 0.0988. The van der Waals surface area contributed by atoms with Gasteiger partial charge in [-0.2, -0.15) is 0 Å². The molecule has 18 heavy (non-hydrogen) atoms. The second-order valence-electron chi connectivity index (χ2n) is 7.43. The van der Waals surface area contributed by atoms with Gasteiger partial charge in [-0.15, -0.1) is 0 Å². The zero-order chi connectivity index (χ0) is 14.3. The van der Waals surface area contributed by atoms with Crippen molar-refractivity contribution in [3.05, 3.63) is 11.3 Å². The number of rotatable bonds is 0. The fourth-order valence-electron chi connectivity index (χ4n) is 2.22. The number of nitrogens with one attached hydrogen (secondary N) is 1.